The molecule has 1 aliphatic rings. The van der Waals surface area contributed by atoms with Crippen molar-refractivity contribution in [2.24, 2.45) is 0 Å². The van der Waals surface area contributed by atoms with Gasteiger partial charge in [0.05, 0.1) is 11.5 Å². The third kappa shape index (κ3) is 4.41. The molecule has 1 aliphatic heterocycles. The Hall–Kier alpha value is -1.65. The fourth-order valence-corrected chi connectivity index (χ4v) is 3.98. The van der Waals surface area contributed by atoms with Gasteiger partial charge in [-0.1, -0.05) is 28.1 Å². The summed E-state index contributed by atoms with van der Waals surface area (Å²) >= 11 is 3.30. The van der Waals surface area contributed by atoms with Crippen molar-refractivity contribution in [3.05, 3.63) is 39.9 Å². The summed E-state index contributed by atoms with van der Waals surface area (Å²) in [5.74, 6) is -0.520. The average Bonchev–Trinajstić information content (AvgIpc) is 2.77. The standard InChI is InChI=1S/C14H13BrN2O3S/c15-12-3-1-10(2-4-12)7-11(8-16)14(18)17-13-5-6-21(19,20)9-13/h1-4,7,13H,5-6,9H2,(H,17,18)/b11-7-/t13-/m0/s1. The summed E-state index contributed by atoms with van der Waals surface area (Å²) in [6.07, 6.45) is 1.87. The van der Waals surface area contributed by atoms with E-state index in [4.69, 9.17) is 5.26 Å². The van der Waals surface area contributed by atoms with E-state index < -0.39 is 21.8 Å². The summed E-state index contributed by atoms with van der Waals surface area (Å²) in [6.45, 7) is 0. The smallest absolute Gasteiger partial charge is 0.262 e. The molecule has 110 valence electrons. The van der Waals surface area contributed by atoms with Crippen molar-refractivity contribution in [1.82, 2.24) is 5.32 Å². The van der Waals surface area contributed by atoms with Crippen LogP contribution in [-0.4, -0.2) is 31.9 Å². The van der Waals surface area contributed by atoms with Crippen molar-refractivity contribution in [1.29, 1.82) is 5.26 Å². The molecule has 5 nitrogen and oxygen atoms in total. The van der Waals surface area contributed by atoms with Crippen molar-refractivity contribution < 1.29 is 13.2 Å². The van der Waals surface area contributed by atoms with Gasteiger partial charge in [-0.3, -0.25) is 4.79 Å². The van der Waals surface area contributed by atoms with Gasteiger partial charge in [0.15, 0.2) is 9.84 Å². The molecular weight excluding hydrogens is 356 g/mol. The fraction of sp³-hybridized carbons (Fsp3) is 0.286. The molecule has 1 fully saturated rings. The predicted octanol–water partition coefficient (Wildman–Crippen LogP) is 1.66. The lowest BCUT2D eigenvalue weighted by molar-refractivity contribution is -0.117. The first-order chi connectivity index (χ1) is 9.89. The van der Waals surface area contributed by atoms with Crippen molar-refractivity contribution >= 4 is 37.8 Å². The number of carbonyl (C=O) groups excluding carboxylic acids is 1. The highest BCUT2D eigenvalue weighted by Gasteiger charge is 2.29. The summed E-state index contributed by atoms with van der Waals surface area (Å²) in [4.78, 5) is 12.0. The first kappa shape index (κ1) is 15.7. The molecular formula is C14H13BrN2O3S. The van der Waals surface area contributed by atoms with Crippen molar-refractivity contribution in [2.45, 2.75) is 12.5 Å². The van der Waals surface area contributed by atoms with Crippen LogP contribution in [-0.2, 0) is 14.6 Å². The molecule has 0 radical (unpaired) electrons. The molecule has 1 atom stereocenters. The van der Waals surface area contributed by atoms with Gasteiger partial charge in [-0.15, -0.1) is 0 Å². The maximum Gasteiger partial charge on any atom is 0.262 e. The summed E-state index contributed by atoms with van der Waals surface area (Å²) < 4.78 is 23.6. The zero-order valence-electron chi connectivity index (χ0n) is 11.0. The van der Waals surface area contributed by atoms with Gasteiger partial charge in [-0.25, -0.2) is 8.42 Å². The predicted molar refractivity (Wildman–Crippen MR) is 82.9 cm³/mol. The Morgan fingerprint density at radius 3 is 2.57 bits per heavy atom. The van der Waals surface area contributed by atoms with Crippen LogP contribution in [0.3, 0.4) is 0 Å². The minimum absolute atomic E-state index is 0.0402. The Bertz CT molecular complexity index is 718. The maximum atomic E-state index is 12.0. The van der Waals surface area contributed by atoms with Gasteiger partial charge >= 0.3 is 0 Å². The van der Waals surface area contributed by atoms with Crippen molar-refractivity contribution in [3.63, 3.8) is 0 Å². The molecule has 2 rings (SSSR count). The highest BCUT2D eigenvalue weighted by Crippen LogP contribution is 2.15. The SMILES string of the molecule is N#C/C(=C/c1ccc(Br)cc1)C(=O)N[C@H]1CCS(=O)(=O)C1. The molecule has 0 aliphatic carbocycles. The molecule has 0 aromatic heterocycles. The molecule has 0 unspecified atom stereocenters. The Kier molecular flexibility index (Phi) is 4.80. The average molecular weight is 369 g/mol. The van der Waals surface area contributed by atoms with Gasteiger partial charge in [0, 0.05) is 10.5 Å². The van der Waals surface area contributed by atoms with Crippen LogP contribution in [0.1, 0.15) is 12.0 Å². The van der Waals surface area contributed by atoms with Gasteiger partial charge in [0.25, 0.3) is 5.91 Å². The number of hydrogen-bond acceptors (Lipinski definition) is 4. The quantitative estimate of drug-likeness (QED) is 0.649. The molecule has 1 aromatic carbocycles. The number of nitrogens with zero attached hydrogens (tertiary/aromatic N) is 1. The van der Waals surface area contributed by atoms with E-state index in [1.807, 2.05) is 18.2 Å². The topological polar surface area (TPSA) is 87.0 Å². The highest BCUT2D eigenvalue weighted by atomic mass is 79.9. The lowest BCUT2D eigenvalue weighted by Crippen LogP contribution is -2.36. The van der Waals surface area contributed by atoms with Crippen LogP contribution in [0.25, 0.3) is 6.08 Å². The summed E-state index contributed by atoms with van der Waals surface area (Å²) in [5, 5.41) is 11.7. The summed E-state index contributed by atoms with van der Waals surface area (Å²) in [6, 6.07) is 8.60. The summed E-state index contributed by atoms with van der Waals surface area (Å²) in [7, 11) is -3.06. The van der Waals surface area contributed by atoms with E-state index in [0.717, 1.165) is 10.0 Å². The minimum Gasteiger partial charge on any atom is -0.348 e. The van der Waals surface area contributed by atoms with Gasteiger partial charge in [-0.2, -0.15) is 5.26 Å². The molecule has 1 amide bonds. The molecule has 0 saturated carbocycles. The van der Waals surface area contributed by atoms with E-state index in [2.05, 4.69) is 21.2 Å². The number of hydrogen-bond donors (Lipinski definition) is 1. The number of carbonyl (C=O) groups is 1. The normalized spacial score (nSPS) is 20.8. The number of nitriles is 1. The van der Waals surface area contributed by atoms with Crippen LogP contribution in [0.2, 0.25) is 0 Å². The monoisotopic (exact) mass is 368 g/mol. The number of halogens is 1. The highest BCUT2D eigenvalue weighted by molar-refractivity contribution is 9.10. The van der Waals surface area contributed by atoms with Crippen molar-refractivity contribution in [3.8, 4) is 6.07 Å². The van der Waals surface area contributed by atoms with E-state index in [9.17, 15) is 13.2 Å². The Morgan fingerprint density at radius 1 is 1.38 bits per heavy atom. The molecule has 1 N–H and O–H groups in total. The third-order valence-corrected chi connectivity index (χ3v) is 5.41. The van der Waals surface area contributed by atoms with Gasteiger partial charge in [0.2, 0.25) is 0 Å². The largest absolute Gasteiger partial charge is 0.348 e. The van der Waals surface area contributed by atoms with Gasteiger partial charge in [0.1, 0.15) is 11.6 Å². The van der Waals surface area contributed by atoms with E-state index in [1.54, 1.807) is 12.1 Å². The van der Waals surface area contributed by atoms with Crippen LogP contribution in [0.5, 0.6) is 0 Å². The number of benzene rings is 1. The number of sulfone groups is 1. The Balaban J connectivity index is 2.09. The second kappa shape index (κ2) is 6.41. The van der Waals surface area contributed by atoms with E-state index >= 15 is 0 Å². The van der Waals surface area contributed by atoms with Crippen LogP contribution in [0, 0.1) is 11.3 Å². The van der Waals surface area contributed by atoms with Crippen molar-refractivity contribution in [2.75, 3.05) is 11.5 Å². The zero-order chi connectivity index (χ0) is 15.5. The molecule has 1 aromatic rings. The van der Waals surface area contributed by atoms with Crippen LogP contribution >= 0.6 is 15.9 Å². The molecule has 0 spiro atoms. The molecule has 1 saturated heterocycles. The van der Waals surface area contributed by atoms with Crippen LogP contribution < -0.4 is 5.32 Å². The van der Waals surface area contributed by atoms with Gasteiger partial charge in [-0.05, 0) is 30.2 Å². The Labute approximate surface area is 131 Å². The Morgan fingerprint density at radius 2 is 2.05 bits per heavy atom. The minimum atomic E-state index is -3.06. The maximum absolute atomic E-state index is 12.0. The number of amides is 1. The summed E-state index contributed by atoms with van der Waals surface area (Å²) in [5.41, 5.74) is 0.686. The third-order valence-electron chi connectivity index (χ3n) is 3.11. The molecule has 1 heterocycles. The first-order valence-electron chi connectivity index (χ1n) is 6.28. The van der Waals surface area contributed by atoms with E-state index in [-0.39, 0.29) is 17.1 Å². The zero-order valence-corrected chi connectivity index (χ0v) is 13.4. The second-order valence-electron chi connectivity index (χ2n) is 4.79. The molecule has 21 heavy (non-hydrogen) atoms. The van der Waals surface area contributed by atoms with Crippen LogP contribution in [0.15, 0.2) is 34.3 Å². The lowest BCUT2D eigenvalue weighted by Gasteiger charge is -2.09. The van der Waals surface area contributed by atoms with Crippen LogP contribution in [0.4, 0.5) is 0 Å². The molecule has 0 bridgehead atoms. The van der Waals surface area contributed by atoms with Gasteiger partial charge < -0.3 is 5.32 Å². The molecule has 7 heteroatoms. The first-order valence-corrected chi connectivity index (χ1v) is 8.90. The van der Waals surface area contributed by atoms with E-state index in [0.29, 0.717) is 6.42 Å². The second-order valence-corrected chi connectivity index (χ2v) is 7.94. The lowest BCUT2D eigenvalue weighted by atomic mass is 10.1. The number of rotatable bonds is 3. The fourth-order valence-electron chi connectivity index (χ4n) is 2.05. The number of nitrogens with one attached hydrogen (secondary N) is 1. The van der Waals surface area contributed by atoms with E-state index in [1.165, 1.54) is 6.08 Å².